The molecule has 1 heterocycles. The molecule has 0 spiro atoms. The van der Waals surface area contributed by atoms with Crippen molar-refractivity contribution in [1.29, 1.82) is 0 Å². The van der Waals surface area contributed by atoms with Crippen LogP contribution in [0.1, 0.15) is 5.69 Å². The molecule has 0 aliphatic heterocycles. The summed E-state index contributed by atoms with van der Waals surface area (Å²) in [5, 5.41) is 4.26. The maximum absolute atomic E-state index is 6.08. The summed E-state index contributed by atoms with van der Waals surface area (Å²) in [6.45, 7) is 1.82. The number of aromatic nitrogens is 2. The first-order valence-corrected chi connectivity index (χ1v) is 6.37. The van der Waals surface area contributed by atoms with Crippen LogP contribution in [0, 0.1) is 6.92 Å². The molecule has 0 aliphatic rings. The van der Waals surface area contributed by atoms with E-state index in [1.165, 1.54) is 0 Å². The van der Waals surface area contributed by atoms with Crippen molar-refractivity contribution in [3.8, 4) is 0 Å². The van der Waals surface area contributed by atoms with Gasteiger partial charge in [-0.15, -0.1) is 0 Å². The number of nitrogens with two attached hydrogens (primary N) is 1. The van der Waals surface area contributed by atoms with Crippen LogP contribution in [0.5, 0.6) is 0 Å². The number of benzene rings is 1. The molecule has 0 amide bonds. The zero-order valence-corrected chi connectivity index (χ0v) is 12.1. The van der Waals surface area contributed by atoms with Gasteiger partial charge in [-0.2, -0.15) is 4.98 Å². The molecule has 0 saturated carbocycles. The van der Waals surface area contributed by atoms with Gasteiger partial charge in [0.25, 0.3) is 0 Å². The summed E-state index contributed by atoms with van der Waals surface area (Å²) in [6.07, 6.45) is 0. The summed E-state index contributed by atoms with van der Waals surface area (Å²) < 4.78 is 0. The molecule has 5 nitrogen and oxygen atoms in total. The molecule has 2 rings (SSSR count). The third kappa shape index (κ3) is 3.39. The topological polar surface area (TPSA) is 75.9 Å². The van der Waals surface area contributed by atoms with Crippen molar-refractivity contribution in [1.82, 2.24) is 9.97 Å². The van der Waals surface area contributed by atoms with Crippen molar-refractivity contribution >= 4 is 52.3 Å². The second kappa shape index (κ2) is 5.79. The number of nitrogen functional groups attached to an aromatic ring is 1. The van der Waals surface area contributed by atoms with Crippen LogP contribution in [0.15, 0.2) is 18.2 Å². The lowest BCUT2D eigenvalue weighted by molar-refractivity contribution is 1.07. The molecule has 0 saturated heterocycles. The summed E-state index contributed by atoms with van der Waals surface area (Å²) in [6, 6.07) is 4.93. The van der Waals surface area contributed by atoms with Gasteiger partial charge in [0, 0.05) is 11.8 Å². The average molecular weight is 319 g/mol. The molecule has 0 atom stereocenters. The van der Waals surface area contributed by atoms with Gasteiger partial charge < -0.3 is 5.32 Å². The fraction of sp³-hybridized carbons (Fsp3) is 0.0909. The van der Waals surface area contributed by atoms with Crippen LogP contribution in [0.4, 0.5) is 17.5 Å². The summed E-state index contributed by atoms with van der Waals surface area (Å²) in [7, 11) is 0. The second-order valence-electron chi connectivity index (χ2n) is 3.73. The number of hydrazine groups is 1. The molecule has 0 aliphatic carbocycles. The van der Waals surface area contributed by atoms with Crippen LogP contribution >= 0.6 is 34.8 Å². The zero-order valence-electron chi connectivity index (χ0n) is 9.84. The highest BCUT2D eigenvalue weighted by Gasteiger charge is 2.08. The molecule has 1 aromatic carbocycles. The minimum atomic E-state index is 0.304. The fourth-order valence-electron chi connectivity index (χ4n) is 1.45. The van der Waals surface area contributed by atoms with Crippen molar-refractivity contribution < 1.29 is 0 Å². The molecule has 0 fully saturated rings. The van der Waals surface area contributed by atoms with Gasteiger partial charge in [-0.05, 0) is 19.1 Å². The van der Waals surface area contributed by atoms with E-state index in [2.05, 4.69) is 20.7 Å². The van der Waals surface area contributed by atoms with E-state index in [-0.39, 0.29) is 0 Å². The van der Waals surface area contributed by atoms with Gasteiger partial charge in [0.2, 0.25) is 5.95 Å². The Morgan fingerprint density at radius 1 is 1.00 bits per heavy atom. The Morgan fingerprint density at radius 2 is 1.68 bits per heavy atom. The Hall–Kier alpha value is -1.27. The summed E-state index contributed by atoms with van der Waals surface area (Å²) in [5.74, 6) is 6.13. The molecule has 2 aromatic rings. The van der Waals surface area contributed by atoms with Gasteiger partial charge in [0.15, 0.2) is 0 Å². The lowest BCUT2D eigenvalue weighted by atomic mass is 10.3. The number of anilines is 3. The van der Waals surface area contributed by atoms with E-state index in [0.29, 0.717) is 32.5 Å². The molecule has 1 aromatic heterocycles. The number of rotatable bonds is 3. The van der Waals surface area contributed by atoms with Gasteiger partial charge in [-0.1, -0.05) is 34.8 Å². The first-order valence-electron chi connectivity index (χ1n) is 5.23. The normalized spacial score (nSPS) is 10.4. The van der Waals surface area contributed by atoms with Crippen molar-refractivity contribution in [2.75, 3.05) is 10.7 Å². The first kappa shape index (κ1) is 14.1. The molecule has 0 bridgehead atoms. The van der Waals surface area contributed by atoms with Crippen molar-refractivity contribution in [3.63, 3.8) is 0 Å². The van der Waals surface area contributed by atoms with Gasteiger partial charge in [-0.3, -0.25) is 5.43 Å². The zero-order chi connectivity index (χ0) is 14.0. The van der Waals surface area contributed by atoms with E-state index in [0.717, 1.165) is 5.69 Å². The SMILES string of the molecule is Cc1cc(Nc2cc(Cl)c(Cl)cc2Cl)nc(NN)n1. The Kier molecular flexibility index (Phi) is 4.31. The first-order chi connectivity index (χ1) is 8.99. The molecular weight excluding hydrogens is 309 g/mol. The van der Waals surface area contributed by atoms with Crippen molar-refractivity contribution in [3.05, 3.63) is 39.0 Å². The Bertz CT molecular complexity index is 618. The highest BCUT2D eigenvalue weighted by atomic mass is 35.5. The van der Waals surface area contributed by atoms with E-state index >= 15 is 0 Å². The number of halogens is 3. The van der Waals surface area contributed by atoms with Crippen LogP contribution in [0.25, 0.3) is 0 Å². The number of aryl methyl sites for hydroxylation is 1. The third-order valence-corrected chi connectivity index (χ3v) is 3.29. The van der Waals surface area contributed by atoms with Gasteiger partial charge >= 0.3 is 0 Å². The lowest BCUT2D eigenvalue weighted by Crippen LogP contribution is -2.11. The number of hydrogen-bond acceptors (Lipinski definition) is 5. The Morgan fingerprint density at radius 3 is 2.37 bits per heavy atom. The highest BCUT2D eigenvalue weighted by molar-refractivity contribution is 6.44. The van der Waals surface area contributed by atoms with Gasteiger partial charge in [0.05, 0.1) is 20.8 Å². The standard InChI is InChI=1S/C11H10Cl3N5/c1-5-2-10(18-11(16-5)19-15)17-9-4-7(13)6(12)3-8(9)14/h2-4H,15H2,1H3,(H2,16,17,18,19). The molecular formula is C11H10Cl3N5. The predicted octanol–water partition coefficient (Wildman–Crippen LogP) is 3.77. The molecule has 4 N–H and O–H groups in total. The van der Waals surface area contributed by atoms with E-state index in [1.807, 2.05) is 6.92 Å². The van der Waals surface area contributed by atoms with Gasteiger partial charge in [-0.25, -0.2) is 10.8 Å². The third-order valence-electron chi connectivity index (χ3n) is 2.26. The van der Waals surface area contributed by atoms with E-state index < -0.39 is 0 Å². The fourth-order valence-corrected chi connectivity index (χ4v) is 2.05. The van der Waals surface area contributed by atoms with Crippen LogP contribution < -0.4 is 16.6 Å². The monoisotopic (exact) mass is 317 g/mol. The van der Waals surface area contributed by atoms with Crippen LogP contribution in [0.2, 0.25) is 15.1 Å². The lowest BCUT2D eigenvalue weighted by Gasteiger charge is -2.10. The van der Waals surface area contributed by atoms with Crippen LogP contribution in [0.3, 0.4) is 0 Å². The van der Waals surface area contributed by atoms with Crippen LogP contribution in [-0.4, -0.2) is 9.97 Å². The maximum atomic E-state index is 6.08. The molecule has 100 valence electrons. The Labute approximate surface area is 125 Å². The maximum Gasteiger partial charge on any atom is 0.239 e. The Balaban J connectivity index is 2.36. The summed E-state index contributed by atoms with van der Waals surface area (Å²) >= 11 is 17.9. The van der Waals surface area contributed by atoms with Crippen molar-refractivity contribution in [2.45, 2.75) is 6.92 Å². The van der Waals surface area contributed by atoms with Crippen molar-refractivity contribution in [2.24, 2.45) is 5.84 Å². The largest absolute Gasteiger partial charge is 0.339 e. The van der Waals surface area contributed by atoms with E-state index in [1.54, 1.807) is 18.2 Å². The second-order valence-corrected chi connectivity index (χ2v) is 4.96. The number of nitrogens with zero attached hydrogens (tertiary/aromatic N) is 2. The quantitative estimate of drug-likeness (QED) is 0.456. The van der Waals surface area contributed by atoms with Crippen LogP contribution in [-0.2, 0) is 0 Å². The van der Waals surface area contributed by atoms with E-state index in [4.69, 9.17) is 40.6 Å². The molecule has 19 heavy (non-hydrogen) atoms. The molecule has 8 heteroatoms. The smallest absolute Gasteiger partial charge is 0.239 e. The predicted molar refractivity (Wildman–Crippen MR) is 79.3 cm³/mol. The number of hydrogen-bond donors (Lipinski definition) is 3. The average Bonchev–Trinajstić information content (AvgIpc) is 2.35. The minimum Gasteiger partial charge on any atom is -0.339 e. The molecule has 0 unspecified atom stereocenters. The minimum absolute atomic E-state index is 0.304. The van der Waals surface area contributed by atoms with E-state index in [9.17, 15) is 0 Å². The molecule has 0 radical (unpaired) electrons. The number of nitrogens with one attached hydrogen (secondary N) is 2. The highest BCUT2D eigenvalue weighted by Crippen LogP contribution is 2.33. The summed E-state index contributed by atoms with van der Waals surface area (Å²) in [4.78, 5) is 8.23. The summed E-state index contributed by atoms with van der Waals surface area (Å²) in [5.41, 5.74) is 3.73. The van der Waals surface area contributed by atoms with Gasteiger partial charge in [0.1, 0.15) is 5.82 Å².